The number of hydrogen-bond donors (Lipinski definition) is 4. The number of benzene rings is 1. The molecule has 1 unspecified atom stereocenters. The number of hydrogen-bond acceptors (Lipinski definition) is 5. The summed E-state index contributed by atoms with van der Waals surface area (Å²) in [5, 5.41) is 5.94. The Morgan fingerprint density at radius 2 is 2.12 bits per heavy atom. The van der Waals surface area contributed by atoms with Gasteiger partial charge in [-0.05, 0) is 24.6 Å². The van der Waals surface area contributed by atoms with Crippen molar-refractivity contribution in [1.29, 1.82) is 0 Å². The van der Waals surface area contributed by atoms with Gasteiger partial charge in [-0.25, -0.2) is 9.78 Å². The number of carbonyl (C=O) groups is 1. The largest absolute Gasteiger partial charge is 0.495 e. The van der Waals surface area contributed by atoms with Crippen molar-refractivity contribution in [2.45, 2.75) is 13.0 Å². The number of anilines is 2. The zero-order valence-electron chi connectivity index (χ0n) is 14.7. The van der Waals surface area contributed by atoms with E-state index >= 15 is 0 Å². The van der Waals surface area contributed by atoms with E-state index in [1.807, 2.05) is 13.0 Å². The third kappa shape index (κ3) is 4.54. The maximum Gasteiger partial charge on any atom is 0.320 e. The molecule has 8 nitrogen and oxygen atoms in total. The van der Waals surface area contributed by atoms with E-state index in [4.69, 9.17) is 27.8 Å². The fraction of sp³-hybridized carbons (Fsp3) is 0.235. The maximum atomic E-state index is 12.2. The van der Waals surface area contributed by atoms with Crippen LogP contribution in [0.15, 0.2) is 35.5 Å². The third-order valence-electron chi connectivity index (χ3n) is 3.72. The number of nitrogens with two attached hydrogens (primary N) is 2. The standard InChI is InChI=1S/C17H21ClN6O2/c1-9(10-4-5-12(18)14(6-10)26-3)23-17(25)24-15-7-13(19)11(8-22-15)16(20)21-2/h4-9H,1-3H3,(H2,20,21)(H4,19,22,23,24,25). The number of methoxy groups -OCH3 is 1. The summed E-state index contributed by atoms with van der Waals surface area (Å²) in [6.07, 6.45) is 1.46. The van der Waals surface area contributed by atoms with Gasteiger partial charge in [-0.1, -0.05) is 17.7 Å². The van der Waals surface area contributed by atoms with Crippen LogP contribution in [0.2, 0.25) is 5.02 Å². The van der Waals surface area contributed by atoms with Crippen LogP contribution in [-0.2, 0) is 0 Å². The molecule has 0 radical (unpaired) electrons. The number of ether oxygens (including phenoxy) is 1. The summed E-state index contributed by atoms with van der Waals surface area (Å²) in [5.41, 5.74) is 13.4. The summed E-state index contributed by atoms with van der Waals surface area (Å²) in [7, 11) is 3.09. The Bertz CT molecular complexity index is 840. The molecule has 26 heavy (non-hydrogen) atoms. The van der Waals surface area contributed by atoms with Gasteiger partial charge >= 0.3 is 6.03 Å². The molecule has 1 atom stereocenters. The van der Waals surface area contributed by atoms with E-state index in [0.29, 0.717) is 27.8 Å². The van der Waals surface area contributed by atoms with Crippen molar-refractivity contribution in [2.75, 3.05) is 25.2 Å². The van der Waals surface area contributed by atoms with Gasteiger partial charge in [0.15, 0.2) is 0 Å². The van der Waals surface area contributed by atoms with Gasteiger partial charge in [0.2, 0.25) is 0 Å². The second-order valence-electron chi connectivity index (χ2n) is 5.48. The molecule has 0 spiro atoms. The second-order valence-corrected chi connectivity index (χ2v) is 5.89. The van der Waals surface area contributed by atoms with Crippen LogP contribution < -0.4 is 26.8 Å². The Hall–Kier alpha value is -3.00. The van der Waals surface area contributed by atoms with Crippen LogP contribution in [0.3, 0.4) is 0 Å². The molecule has 6 N–H and O–H groups in total. The number of carbonyl (C=O) groups excluding carboxylic acids is 1. The number of aliphatic imine (C=N–C) groups is 1. The zero-order valence-corrected chi connectivity index (χ0v) is 15.5. The normalized spacial score (nSPS) is 12.4. The van der Waals surface area contributed by atoms with Crippen molar-refractivity contribution in [3.8, 4) is 5.75 Å². The highest BCUT2D eigenvalue weighted by molar-refractivity contribution is 6.32. The number of halogens is 1. The number of aromatic nitrogens is 1. The lowest BCUT2D eigenvalue weighted by Gasteiger charge is -2.16. The van der Waals surface area contributed by atoms with Gasteiger partial charge in [0.05, 0.1) is 23.7 Å². The Labute approximate surface area is 156 Å². The fourth-order valence-electron chi connectivity index (χ4n) is 2.25. The molecule has 2 rings (SSSR count). The monoisotopic (exact) mass is 376 g/mol. The summed E-state index contributed by atoms with van der Waals surface area (Å²) in [5.74, 6) is 1.11. The highest BCUT2D eigenvalue weighted by Gasteiger charge is 2.13. The molecule has 0 bridgehead atoms. The van der Waals surface area contributed by atoms with Gasteiger partial charge in [-0.2, -0.15) is 0 Å². The second kappa shape index (κ2) is 8.39. The average Bonchev–Trinajstić information content (AvgIpc) is 2.61. The summed E-state index contributed by atoms with van der Waals surface area (Å²) in [6.45, 7) is 1.84. The molecule has 0 fully saturated rings. The van der Waals surface area contributed by atoms with E-state index in [9.17, 15) is 4.79 Å². The summed E-state index contributed by atoms with van der Waals surface area (Å²) in [4.78, 5) is 20.2. The molecule has 0 saturated carbocycles. The number of rotatable bonds is 5. The molecule has 1 heterocycles. The SMILES string of the molecule is CN=C(N)c1cnc(NC(=O)NC(C)c2ccc(Cl)c(OC)c2)cc1N. The molecule has 0 aliphatic rings. The molecule has 138 valence electrons. The number of nitrogens with one attached hydrogen (secondary N) is 2. The Kier molecular flexibility index (Phi) is 6.24. The van der Waals surface area contributed by atoms with Crippen LogP contribution in [0.5, 0.6) is 5.75 Å². The third-order valence-corrected chi connectivity index (χ3v) is 4.03. The highest BCUT2D eigenvalue weighted by atomic mass is 35.5. The number of nitrogens with zero attached hydrogens (tertiary/aromatic N) is 2. The van der Waals surface area contributed by atoms with E-state index in [0.717, 1.165) is 5.56 Å². The van der Waals surface area contributed by atoms with Crippen molar-refractivity contribution in [1.82, 2.24) is 10.3 Å². The first-order valence-corrected chi connectivity index (χ1v) is 8.12. The van der Waals surface area contributed by atoms with E-state index in [1.165, 1.54) is 19.4 Å². The maximum absolute atomic E-state index is 12.2. The molecule has 2 aromatic rings. The number of nitrogen functional groups attached to an aromatic ring is 1. The van der Waals surface area contributed by atoms with E-state index in [-0.39, 0.29) is 11.9 Å². The van der Waals surface area contributed by atoms with Gasteiger partial charge in [0.1, 0.15) is 17.4 Å². The summed E-state index contributed by atoms with van der Waals surface area (Å²) >= 11 is 6.01. The van der Waals surface area contributed by atoms with E-state index in [2.05, 4.69) is 20.6 Å². The molecule has 1 aromatic heterocycles. The number of pyridine rings is 1. The van der Waals surface area contributed by atoms with Gasteiger partial charge in [0.25, 0.3) is 0 Å². The molecule has 1 aromatic carbocycles. The smallest absolute Gasteiger partial charge is 0.320 e. The predicted molar refractivity (Wildman–Crippen MR) is 104 cm³/mol. The minimum Gasteiger partial charge on any atom is -0.495 e. The minimum atomic E-state index is -0.428. The van der Waals surface area contributed by atoms with Gasteiger partial charge in [-0.15, -0.1) is 0 Å². The first-order valence-electron chi connectivity index (χ1n) is 7.74. The van der Waals surface area contributed by atoms with Gasteiger partial charge in [-0.3, -0.25) is 10.3 Å². The molecule has 9 heteroatoms. The number of urea groups is 1. The summed E-state index contributed by atoms with van der Waals surface area (Å²) < 4.78 is 5.19. The van der Waals surface area contributed by atoms with Crippen LogP contribution in [0.1, 0.15) is 24.1 Å². The van der Waals surface area contributed by atoms with Crippen LogP contribution in [-0.4, -0.2) is 31.0 Å². The van der Waals surface area contributed by atoms with Gasteiger partial charge < -0.3 is 21.5 Å². The molecule has 2 amide bonds. The summed E-state index contributed by atoms with van der Waals surface area (Å²) in [6, 6.07) is 6.11. The minimum absolute atomic E-state index is 0.274. The molecular formula is C17H21ClN6O2. The number of amides is 2. The lowest BCUT2D eigenvalue weighted by Crippen LogP contribution is -2.31. The van der Waals surface area contributed by atoms with E-state index in [1.54, 1.807) is 19.2 Å². The van der Waals surface area contributed by atoms with Crippen molar-refractivity contribution < 1.29 is 9.53 Å². The molecule has 0 aliphatic heterocycles. The van der Waals surface area contributed by atoms with Crippen molar-refractivity contribution in [3.63, 3.8) is 0 Å². The van der Waals surface area contributed by atoms with Crippen molar-refractivity contribution >= 4 is 35.0 Å². The lowest BCUT2D eigenvalue weighted by atomic mass is 10.1. The van der Waals surface area contributed by atoms with Crippen LogP contribution >= 0.6 is 11.6 Å². The Morgan fingerprint density at radius 1 is 1.38 bits per heavy atom. The van der Waals surface area contributed by atoms with Crippen molar-refractivity contribution in [3.05, 3.63) is 46.6 Å². The Morgan fingerprint density at radius 3 is 2.73 bits per heavy atom. The van der Waals surface area contributed by atoms with Crippen LogP contribution in [0.4, 0.5) is 16.3 Å². The number of amidine groups is 1. The lowest BCUT2D eigenvalue weighted by molar-refractivity contribution is 0.249. The van der Waals surface area contributed by atoms with Crippen LogP contribution in [0, 0.1) is 0 Å². The quantitative estimate of drug-likeness (QED) is 0.471. The van der Waals surface area contributed by atoms with Crippen LogP contribution in [0.25, 0.3) is 0 Å². The molecular weight excluding hydrogens is 356 g/mol. The van der Waals surface area contributed by atoms with E-state index < -0.39 is 6.03 Å². The zero-order chi connectivity index (χ0) is 19.3. The fourth-order valence-corrected chi connectivity index (χ4v) is 2.45. The topological polar surface area (TPSA) is 128 Å². The molecule has 0 saturated heterocycles. The first-order chi connectivity index (χ1) is 12.3. The molecule has 0 aliphatic carbocycles. The predicted octanol–water partition coefficient (Wildman–Crippen LogP) is 2.54. The van der Waals surface area contributed by atoms with Gasteiger partial charge in [0, 0.05) is 25.0 Å². The first kappa shape index (κ1) is 19.3. The highest BCUT2D eigenvalue weighted by Crippen LogP contribution is 2.27. The average molecular weight is 377 g/mol. The Balaban J connectivity index is 2.05. The van der Waals surface area contributed by atoms with Crippen molar-refractivity contribution in [2.24, 2.45) is 10.7 Å².